The smallest absolute Gasteiger partial charge is 0.0964 e. The third-order valence-electron chi connectivity index (χ3n) is 5.00. The second-order valence-corrected chi connectivity index (χ2v) is 6.36. The van der Waals surface area contributed by atoms with Crippen LogP contribution in [0, 0.1) is 0 Å². The molecule has 116 valence electrons. The van der Waals surface area contributed by atoms with Gasteiger partial charge in [0.25, 0.3) is 0 Å². The normalized spacial score (nSPS) is 26.1. The summed E-state index contributed by atoms with van der Waals surface area (Å²) >= 11 is 0. The number of hydrogen-bond acceptors (Lipinski definition) is 4. The molecule has 0 saturated carbocycles. The fourth-order valence-electron chi connectivity index (χ4n) is 3.47. The third-order valence-corrected chi connectivity index (χ3v) is 5.00. The lowest BCUT2D eigenvalue weighted by molar-refractivity contribution is -0.177. The van der Waals surface area contributed by atoms with Crippen molar-refractivity contribution in [2.75, 3.05) is 19.7 Å². The number of piperidine rings is 1. The first-order valence-electron chi connectivity index (χ1n) is 8.20. The number of aromatic nitrogens is 1. The average Bonchev–Trinajstić information content (AvgIpc) is 2.53. The van der Waals surface area contributed by atoms with Crippen LogP contribution >= 0.6 is 0 Å². The molecule has 1 unspecified atom stereocenters. The minimum Gasteiger partial charge on any atom is -0.390 e. The van der Waals surface area contributed by atoms with Gasteiger partial charge >= 0.3 is 0 Å². The molecule has 3 heterocycles. The number of nitrogens with zero attached hydrogens (tertiary/aromatic N) is 2. The summed E-state index contributed by atoms with van der Waals surface area (Å²) in [6.07, 6.45) is 6.47. The first kappa shape index (κ1) is 14.9. The lowest BCUT2D eigenvalue weighted by atomic mass is 9.82. The summed E-state index contributed by atoms with van der Waals surface area (Å²) in [6.45, 7) is 5.81. The maximum atomic E-state index is 10.3. The quantitative estimate of drug-likeness (QED) is 0.926. The molecule has 0 bridgehead atoms. The summed E-state index contributed by atoms with van der Waals surface area (Å²) in [5.41, 5.74) is 2.15. The van der Waals surface area contributed by atoms with Crippen LogP contribution in [0.2, 0.25) is 0 Å². The van der Waals surface area contributed by atoms with Crippen molar-refractivity contribution in [1.29, 1.82) is 0 Å². The molecule has 2 fully saturated rings. The third kappa shape index (κ3) is 3.28. The molecule has 1 N–H and O–H groups in total. The Hall–Kier alpha value is -0.970. The lowest BCUT2D eigenvalue weighted by Crippen LogP contribution is -2.55. The van der Waals surface area contributed by atoms with Gasteiger partial charge in [0.15, 0.2) is 0 Å². The molecule has 4 nitrogen and oxygen atoms in total. The molecule has 1 aromatic heterocycles. The SMILES string of the molecule is CCc1ccc(CN2CCC3(CC2)OCCCC3O)nc1. The van der Waals surface area contributed by atoms with E-state index in [1.54, 1.807) is 0 Å². The Balaban J connectivity index is 1.55. The second kappa shape index (κ2) is 6.42. The summed E-state index contributed by atoms with van der Waals surface area (Å²) < 4.78 is 5.96. The fraction of sp³-hybridized carbons (Fsp3) is 0.706. The highest BCUT2D eigenvalue weighted by Crippen LogP contribution is 2.35. The minimum atomic E-state index is -0.282. The van der Waals surface area contributed by atoms with Gasteiger partial charge in [-0.1, -0.05) is 13.0 Å². The topological polar surface area (TPSA) is 45.6 Å². The van der Waals surface area contributed by atoms with Gasteiger partial charge in [0, 0.05) is 32.4 Å². The number of likely N-dealkylation sites (tertiary alicyclic amines) is 1. The highest BCUT2D eigenvalue weighted by Gasteiger charge is 2.43. The van der Waals surface area contributed by atoms with Crippen LogP contribution in [-0.2, 0) is 17.7 Å². The molecule has 21 heavy (non-hydrogen) atoms. The van der Waals surface area contributed by atoms with Gasteiger partial charge in [-0.2, -0.15) is 0 Å². The number of ether oxygens (including phenoxy) is 1. The van der Waals surface area contributed by atoms with Crippen molar-refractivity contribution in [1.82, 2.24) is 9.88 Å². The molecule has 0 aliphatic carbocycles. The van der Waals surface area contributed by atoms with Crippen LogP contribution in [0.3, 0.4) is 0 Å². The predicted molar refractivity (Wildman–Crippen MR) is 82.0 cm³/mol. The number of pyridine rings is 1. The number of aliphatic hydroxyl groups is 1. The Kier molecular flexibility index (Phi) is 4.57. The zero-order valence-electron chi connectivity index (χ0n) is 12.9. The monoisotopic (exact) mass is 290 g/mol. The van der Waals surface area contributed by atoms with Crippen LogP contribution in [-0.4, -0.2) is 46.4 Å². The highest BCUT2D eigenvalue weighted by molar-refractivity contribution is 5.14. The zero-order chi connectivity index (χ0) is 14.7. The maximum Gasteiger partial charge on any atom is 0.0964 e. The first-order valence-corrected chi connectivity index (χ1v) is 8.20. The van der Waals surface area contributed by atoms with Crippen LogP contribution in [0.25, 0.3) is 0 Å². The van der Waals surface area contributed by atoms with Crippen molar-refractivity contribution in [3.05, 3.63) is 29.6 Å². The molecule has 1 spiro atoms. The summed E-state index contributed by atoms with van der Waals surface area (Å²) in [7, 11) is 0. The van der Waals surface area contributed by atoms with Gasteiger partial charge in [0.2, 0.25) is 0 Å². The zero-order valence-corrected chi connectivity index (χ0v) is 12.9. The van der Waals surface area contributed by atoms with Gasteiger partial charge in [0.1, 0.15) is 0 Å². The molecule has 1 atom stereocenters. The largest absolute Gasteiger partial charge is 0.390 e. The van der Waals surface area contributed by atoms with E-state index in [9.17, 15) is 5.11 Å². The Morgan fingerprint density at radius 1 is 1.38 bits per heavy atom. The second-order valence-electron chi connectivity index (χ2n) is 6.36. The number of aryl methyl sites for hydroxylation is 1. The Labute approximate surface area is 127 Å². The van der Waals surface area contributed by atoms with Gasteiger partial charge < -0.3 is 9.84 Å². The molecule has 0 amide bonds. The van der Waals surface area contributed by atoms with E-state index in [4.69, 9.17) is 4.74 Å². The van der Waals surface area contributed by atoms with E-state index in [1.807, 2.05) is 6.20 Å². The van der Waals surface area contributed by atoms with Gasteiger partial charge in [-0.15, -0.1) is 0 Å². The molecular formula is C17H26N2O2. The first-order chi connectivity index (χ1) is 10.2. The van der Waals surface area contributed by atoms with Crippen molar-refractivity contribution in [2.24, 2.45) is 0 Å². The van der Waals surface area contributed by atoms with Crippen LogP contribution in [0.1, 0.15) is 43.9 Å². The van der Waals surface area contributed by atoms with Crippen molar-refractivity contribution in [2.45, 2.75) is 57.3 Å². The van der Waals surface area contributed by atoms with E-state index in [-0.39, 0.29) is 11.7 Å². The van der Waals surface area contributed by atoms with Crippen LogP contribution in [0.5, 0.6) is 0 Å². The van der Waals surface area contributed by atoms with Crippen molar-refractivity contribution < 1.29 is 9.84 Å². The molecule has 3 rings (SSSR count). The van der Waals surface area contributed by atoms with Gasteiger partial charge in [0.05, 0.1) is 17.4 Å². The molecular weight excluding hydrogens is 264 g/mol. The molecule has 1 aromatic rings. The number of hydrogen-bond donors (Lipinski definition) is 1. The standard InChI is InChI=1S/C17H26N2O2/c1-2-14-5-6-15(18-12-14)13-19-9-7-17(8-10-19)16(20)4-3-11-21-17/h5-6,12,16,20H,2-4,7-11,13H2,1H3. The molecule has 4 heteroatoms. The molecule has 0 aromatic carbocycles. The Morgan fingerprint density at radius 2 is 2.19 bits per heavy atom. The molecule has 2 aliphatic heterocycles. The van der Waals surface area contributed by atoms with E-state index in [0.717, 1.165) is 64.0 Å². The van der Waals surface area contributed by atoms with Gasteiger partial charge in [-0.25, -0.2) is 0 Å². The highest BCUT2D eigenvalue weighted by atomic mass is 16.5. The van der Waals surface area contributed by atoms with E-state index < -0.39 is 0 Å². The van der Waals surface area contributed by atoms with E-state index in [1.165, 1.54) is 5.56 Å². The van der Waals surface area contributed by atoms with E-state index in [0.29, 0.717) is 0 Å². The summed E-state index contributed by atoms with van der Waals surface area (Å²) in [5, 5.41) is 10.3. The summed E-state index contributed by atoms with van der Waals surface area (Å²) in [6, 6.07) is 4.30. The van der Waals surface area contributed by atoms with Gasteiger partial charge in [-0.05, 0) is 43.7 Å². The Morgan fingerprint density at radius 3 is 2.81 bits per heavy atom. The molecule has 0 radical (unpaired) electrons. The van der Waals surface area contributed by atoms with Crippen LogP contribution in [0.15, 0.2) is 18.3 Å². The average molecular weight is 290 g/mol. The van der Waals surface area contributed by atoms with Crippen LogP contribution < -0.4 is 0 Å². The predicted octanol–water partition coefficient (Wildman–Crippen LogP) is 2.15. The van der Waals surface area contributed by atoms with Crippen LogP contribution in [0.4, 0.5) is 0 Å². The fourth-order valence-corrected chi connectivity index (χ4v) is 3.47. The molecule has 2 aliphatic rings. The summed E-state index contributed by atoms with van der Waals surface area (Å²) in [4.78, 5) is 6.96. The van der Waals surface area contributed by atoms with Crippen molar-refractivity contribution in [3.8, 4) is 0 Å². The van der Waals surface area contributed by atoms with Crippen molar-refractivity contribution >= 4 is 0 Å². The maximum absolute atomic E-state index is 10.3. The molecule has 2 saturated heterocycles. The number of rotatable bonds is 3. The summed E-state index contributed by atoms with van der Waals surface area (Å²) in [5.74, 6) is 0. The van der Waals surface area contributed by atoms with E-state index in [2.05, 4.69) is 28.9 Å². The van der Waals surface area contributed by atoms with Gasteiger partial charge in [-0.3, -0.25) is 9.88 Å². The van der Waals surface area contributed by atoms with Crippen molar-refractivity contribution in [3.63, 3.8) is 0 Å². The minimum absolute atomic E-state index is 0.270. The Bertz CT molecular complexity index is 452. The number of aliphatic hydroxyl groups excluding tert-OH is 1. The lowest BCUT2D eigenvalue weighted by Gasteiger charge is -2.46. The van der Waals surface area contributed by atoms with E-state index >= 15 is 0 Å².